The Labute approximate surface area is 158 Å². The Balaban J connectivity index is 1.41. The number of amides is 1. The monoisotopic (exact) mass is 365 g/mol. The molecule has 2 aromatic carbocycles. The van der Waals surface area contributed by atoms with E-state index in [1.807, 2.05) is 23.1 Å². The summed E-state index contributed by atoms with van der Waals surface area (Å²) in [6, 6.07) is 12.6. The van der Waals surface area contributed by atoms with Gasteiger partial charge in [-0.2, -0.15) is 0 Å². The molecule has 140 valence electrons. The van der Waals surface area contributed by atoms with Crippen molar-refractivity contribution in [3.63, 3.8) is 0 Å². The highest BCUT2D eigenvalue weighted by Crippen LogP contribution is 2.24. The van der Waals surface area contributed by atoms with E-state index in [2.05, 4.69) is 24.1 Å². The van der Waals surface area contributed by atoms with Gasteiger partial charge in [-0.1, -0.05) is 0 Å². The van der Waals surface area contributed by atoms with E-state index in [1.54, 1.807) is 12.1 Å². The lowest BCUT2D eigenvalue weighted by Gasteiger charge is -2.33. The molecule has 4 nitrogen and oxygen atoms in total. The second-order valence-corrected chi connectivity index (χ2v) is 7.35. The van der Waals surface area contributed by atoms with E-state index in [0.717, 1.165) is 53.8 Å². The number of anilines is 1. The number of carbonyl (C=O) groups excluding carboxylic acids is 1. The molecule has 2 heterocycles. The highest BCUT2D eigenvalue weighted by atomic mass is 19.1. The number of likely N-dealkylation sites (tertiary alicyclic amines) is 1. The van der Waals surface area contributed by atoms with Gasteiger partial charge in [0.25, 0.3) is 5.91 Å². The molecule has 1 fully saturated rings. The molecule has 1 aliphatic heterocycles. The second kappa shape index (κ2) is 7.06. The molecular formula is C22H24FN3O. The summed E-state index contributed by atoms with van der Waals surface area (Å²) in [4.78, 5) is 18.2. The van der Waals surface area contributed by atoms with Crippen LogP contribution in [-0.2, 0) is 0 Å². The average Bonchev–Trinajstić information content (AvgIpc) is 2.97. The fourth-order valence-electron chi connectivity index (χ4n) is 3.79. The number of nitrogens with one attached hydrogen (secondary N) is 2. The summed E-state index contributed by atoms with van der Waals surface area (Å²) in [6.07, 6.45) is 1.77. The molecule has 5 heteroatoms. The van der Waals surface area contributed by atoms with E-state index >= 15 is 0 Å². The quantitative estimate of drug-likeness (QED) is 0.710. The normalized spacial score (nSPS) is 15.3. The number of hydrogen-bond acceptors (Lipinski definition) is 2. The Bertz CT molecular complexity index is 969. The van der Waals surface area contributed by atoms with Crippen LogP contribution in [0.15, 0.2) is 42.5 Å². The minimum Gasteiger partial charge on any atom is -0.382 e. The molecule has 1 saturated heterocycles. The Hall–Kier alpha value is -2.82. The summed E-state index contributed by atoms with van der Waals surface area (Å²) in [5, 5.41) is 4.55. The lowest BCUT2D eigenvalue weighted by atomic mass is 10.0. The average molecular weight is 365 g/mol. The molecule has 0 radical (unpaired) electrons. The Morgan fingerprint density at radius 2 is 1.81 bits per heavy atom. The molecule has 0 saturated carbocycles. The van der Waals surface area contributed by atoms with Crippen molar-refractivity contribution < 1.29 is 9.18 Å². The third kappa shape index (κ3) is 3.54. The molecule has 0 aliphatic carbocycles. The molecule has 0 spiro atoms. The van der Waals surface area contributed by atoms with Crippen LogP contribution in [0.25, 0.3) is 10.9 Å². The Kier molecular flexibility index (Phi) is 4.60. The number of carbonyl (C=O) groups is 1. The summed E-state index contributed by atoms with van der Waals surface area (Å²) in [6.45, 7) is 5.58. The van der Waals surface area contributed by atoms with Gasteiger partial charge in [0.05, 0.1) is 0 Å². The first kappa shape index (κ1) is 17.6. The summed E-state index contributed by atoms with van der Waals surface area (Å²) >= 11 is 0. The minimum absolute atomic E-state index is 0.0929. The number of nitrogens with zero attached hydrogens (tertiary/aromatic N) is 1. The molecular weight excluding hydrogens is 341 g/mol. The summed E-state index contributed by atoms with van der Waals surface area (Å²) < 4.78 is 13.0. The topological polar surface area (TPSA) is 48.1 Å². The van der Waals surface area contributed by atoms with Crippen molar-refractivity contribution in [1.82, 2.24) is 9.88 Å². The van der Waals surface area contributed by atoms with Crippen LogP contribution < -0.4 is 5.32 Å². The third-order valence-corrected chi connectivity index (χ3v) is 5.55. The number of aromatic amines is 1. The zero-order chi connectivity index (χ0) is 19.0. The highest BCUT2D eigenvalue weighted by molar-refractivity contribution is 5.99. The number of benzene rings is 2. The fourth-order valence-corrected chi connectivity index (χ4v) is 3.79. The minimum atomic E-state index is -0.231. The smallest absolute Gasteiger partial charge is 0.253 e. The number of fused-ring (bicyclic) bond motifs is 1. The lowest BCUT2D eigenvalue weighted by Crippen LogP contribution is -2.42. The summed E-state index contributed by atoms with van der Waals surface area (Å²) in [7, 11) is 0. The number of H-pyrrole nitrogens is 1. The largest absolute Gasteiger partial charge is 0.382 e. The first-order valence-corrected chi connectivity index (χ1v) is 9.41. The van der Waals surface area contributed by atoms with Crippen molar-refractivity contribution >= 4 is 22.5 Å². The van der Waals surface area contributed by atoms with E-state index in [0.29, 0.717) is 6.04 Å². The Morgan fingerprint density at radius 3 is 2.52 bits per heavy atom. The van der Waals surface area contributed by atoms with E-state index < -0.39 is 0 Å². The van der Waals surface area contributed by atoms with Gasteiger partial charge in [0.2, 0.25) is 0 Å². The predicted molar refractivity (Wildman–Crippen MR) is 107 cm³/mol. The van der Waals surface area contributed by atoms with E-state index in [4.69, 9.17) is 0 Å². The number of aryl methyl sites for hydroxylation is 2. The van der Waals surface area contributed by atoms with Gasteiger partial charge in [0, 0.05) is 47.0 Å². The maximum absolute atomic E-state index is 13.0. The van der Waals surface area contributed by atoms with Crippen LogP contribution in [0.4, 0.5) is 10.1 Å². The van der Waals surface area contributed by atoms with Gasteiger partial charge < -0.3 is 15.2 Å². The lowest BCUT2D eigenvalue weighted by molar-refractivity contribution is 0.0718. The van der Waals surface area contributed by atoms with Crippen LogP contribution in [0.2, 0.25) is 0 Å². The molecule has 1 aliphatic rings. The van der Waals surface area contributed by atoms with Crippen LogP contribution in [-0.4, -0.2) is 34.9 Å². The molecule has 0 bridgehead atoms. The zero-order valence-corrected chi connectivity index (χ0v) is 15.7. The zero-order valence-electron chi connectivity index (χ0n) is 15.7. The molecule has 1 amide bonds. The third-order valence-electron chi connectivity index (χ3n) is 5.55. The molecule has 27 heavy (non-hydrogen) atoms. The van der Waals surface area contributed by atoms with Crippen LogP contribution in [0.1, 0.15) is 34.5 Å². The van der Waals surface area contributed by atoms with E-state index in [1.165, 1.54) is 17.7 Å². The molecule has 2 N–H and O–H groups in total. The van der Waals surface area contributed by atoms with Gasteiger partial charge in [-0.05, 0) is 74.7 Å². The molecule has 4 rings (SSSR count). The number of rotatable bonds is 3. The van der Waals surface area contributed by atoms with Gasteiger partial charge in [0.15, 0.2) is 0 Å². The molecule has 1 aromatic heterocycles. The summed E-state index contributed by atoms with van der Waals surface area (Å²) in [5.41, 5.74) is 5.08. The number of aromatic nitrogens is 1. The standard InChI is InChI=1S/C22H24FN3O/c1-14-15(2)24-21-8-3-16(13-20(14)21)22(27)26-11-9-19(10-12-26)25-18-6-4-17(23)5-7-18/h3-8,13,19,24-25H,9-12H2,1-2H3. The van der Waals surface area contributed by atoms with Crippen molar-refractivity contribution in [2.45, 2.75) is 32.7 Å². The van der Waals surface area contributed by atoms with Gasteiger partial charge in [-0.25, -0.2) is 4.39 Å². The van der Waals surface area contributed by atoms with Crippen molar-refractivity contribution in [3.05, 3.63) is 65.1 Å². The maximum Gasteiger partial charge on any atom is 0.253 e. The first-order chi connectivity index (χ1) is 13.0. The molecule has 0 unspecified atom stereocenters. The van der Waals surface area contributed by atoms with Gasteiger partial charge in [-0.3, -0.25) is 4.79 Å². The summed E-state index contributed by atoms with van der Waals surface area (Å²) in [5.74, 6) is -0.138. The van der Waals surface area contributed by atoms with Crippen molar-refractivity contribution in [1.29, 1.82) is 0 Å². The van der Waals surface area contributed by atoms with E-state index in [9.17, 15) is 9.18 Å². The molecule has 0 atom stereocenters. The van der Waals surface area contributed by atoms with Gasteiger partial charge in [-0.15, -0.1) is 0 Å². The van der Waals surface area contributed by atoms with Crippen molar-refractivity contribution in [2.24, 2.45) is 0 Å². The van der Waals surface area contributed by atoms with E-state index in [-0.39, 0.29) is 11.7 Å². The predicted octanol–water partition coefficient (Wildman–Crippen LogP) is 4.64. The van der Waals surface area contributed by atoms with Crippen LogP contribution >= 0.6 is 0 Å². The number of piperidine rings is 1. The number of halogens is 1. The van der Waals surface area contributed by atoms with Crippen molar-refractivity contribution in [2.75, 3.05) is 18.4 Å². The van der Waals surface area contributed by atoms with Crippen LogP contribution in [0, 0.1) is 19.7 Å². The maximum atomic E-state index is 13.0. The van der Waals surface area contributed by atoms with Gasteiger partial charge >= 0.3 is 0 Å². The Morgan fingerprint density at radius 1 is 1.11 bits per heavy atom. The van der Waals surface area contributed by atoms with Crippen molar-refractivity contribution in [3.8, 4) is 0 Å². The first-order valence-electron chi connectivity index (χ1n) is 9.41. The van der Waals surface area contributed by atoms with Crippen LogP contribution in [0.3, 0.4) is 0 Å². The second-order valence-electron chi connectivity index (χ2n) is 7.35. The number of hydrogen-bond donors (Lipinski definition) is 2. The van der Waals surface area contributed by atoms with Gasteiger partial charge in [0.1, 0.15) is 5.82 Å². The molecule has 3 aromatic rings. The van der Waals surface area contributed by atoms with Crippen LogP contribution in [0.5, 0.6) is 0 Å². The fraction of sp³-hybridized carbons (Fsp3) is 0.318. The SMILES string of the molecule is Cc1[nH]c2ccc(C(=O)N3CCC(Nc4ccc(F)cc4)CC3)cc2c1C. The highest BCUT2D eigenvalue weighted by Gasteiger charge is 2.24.